The number of hydrogen-bond donors (Lipinski definition) is 2. The van der Waals surface area contributed by atoms with E-state index in [1.54, 1.807) is 24.2 Å². The normalized spacial score (nSPS) is 17.4. The van der Waals surface area contributed by atoms with Crippen molar-refractivity contribution in [2.24, 2.45) is 0 Å². The lowest BCUT2D eigenvalue weighted by atomic mass is 10.0. The lowest BCUT2D eigenvalue weighted by molar-refractivity contribution is -0.122. The molecule has 1 aromatic carbocycles. The summed E-state index contributed by atoms with van der Waals surface area (Å²) in [6.45, 7) is 0.454. The molecule has 0 saturated carbocycles. The average Bonchev–Trinajstić information content (AvgIpc) is 3.05. The van der Waals surface area contributed by atoms with Crippen LogP contribution >= 0.6 is 11.8 Å². The fraction of sp³-hybridized carbons (Fsp3) is 0.231. The monoisotopic (exact) mass is 259 g/mol. The Morgan fingerprint density at radius 1 is 1.50 bits per heavy atom. The number of nitrogens with zero attached hydrogens (tertiary/aromatic N) is 1. The van der Waals surface area contributed by atoms with Crippen molar-refractivity contribution in [1.82, 2.24) is 15.3 Å². The van der Waals surface area contributed by atoms with E-state index in [0.717, 1.165) is 17.1 Å². The van der Waals surface area contributed by atoms with Crippen LogP contribution in [0.3, 0.4) is 0 Å². The van der Waals surface area contributed by atoms with Crippen molar-refractivity contribution in [2.45, 2.75) is 17.4 Å². The molecule has 5 heteroatoms. The first-order valence-electron chi connectivity index (χ1n) is 5.82. The third kappa shape index (κ3) is 2.13. The molecule has 0 aliphatic carbocycles. The van der Waals surface area contributed by atoms with Gasteiger partial charge in [0.05, 0.1) is 12.5 Å². The predicted molar refractivity (Wildman–Crippen MR) is 70.3 cm³/mol. The average molecular weight is 259 g/mol. The molecule has 4 nitrogen and oxygen atoms in total. The van der Waals surface area contributed by atoms with Crippen LogP contribution < -0.4 is 5.32 Å². The van der Waals surface area contributed by atoms with Gasteiger partial charge in [-0.15, -0.1) is 11.8 Å². The van der Waals surface area contributed by atoms with Gasteiger partial charge in [-0.25, -0.2) is 4.98 Å². The van der Waals surface area contributed by atoms with E-state index >= 15 is 0 Å². The SMILES string of the molecule is O=C(NCc1ncc[nH]1)C1CSc2ccccc21. The number of amides is 1. The second-order valence-corrected chi connectivity index (χ2v) is 5.22. The second kappa shape index (κ2) is 4.86. The van der Waals surface area contributed by atoms with Gasteiger partial charge in [0.15, 0.2) is 0 Å². The lowest BCUT2D eigenvalue weighted by Gasteiger charge is -2.10. The number of fused-ring (bicyclic) bond motifs is 1. The minimum absolute atomic E-state index is 0.0406. The Hall–Kier alpha value is -1.75. The van der Waals surface area contributed by atoms with Crippen molar-refractivity contribution >= 4 is 17.7 Å². The molecular formula is C13H13N3OS. The zero-order chi connectivity index (χ0) is 12.4. The number of hydrogen-bond acceptors (Lipinski definition) is 3. The summed E-state index contributed by atoms with van der Waals surface area (Å²) < 4.78 is 0. The van der Waals surface area contributed by atoms with Gasteiger partial charge in [-0.1, -0.05) is 18.2 Å². The Morgan fingerprint density at radius 3 is 3.22 bits per heavy atom. The highest BCUT2D eigenvalue weighted by Crippen LogP contribution is 2.39. The van der Waals surface area contributed by atoms with Gasteiger partial charge in [-0.3, -0.25) is 4.79 Å². The first-order valence-corrected chi connectivity index (χ1v) is 6.81. The molecule has 92 valence electrons. The van der Waals surface area contributed by atoms with Crippen LogP contribution in [0.1, 0.15) is 17.3 Å². The summed E-state index contributed by atoms with van der Waals surface area (Å²) in [4.78, 5) is 20.4. The third-order valence-corrected chi connectivity index (χ3v) is 4.18. The van der Waals surface area contributed by atoms with Crippen LogP contribution in [0.5, 0.6) is 0 Å². The standard InChI is InChI=1S/C13H13N3OS/c17-13(16-7-12-14-5-6-15-12)10-8-18-11-4-2-1-3-9(10)11/h1-6,10H,7-8H2,(H,14,15)(H,16,17). The molecule has 2 aromatic rings. The maximum absolute atomic E-state index is 12.1. The molecule has 1 amide bonds. The highest BCUT2D eigenvalue weighted by atomic mass is 32.2. The molecule has 2 heterocycles. The number of carbonyl (C=O) groups excluding carboxylic acids is 1. The summed E-state index contributed by atoms with van der Waals surface area (Å²) in [7, 11) is 0. The van der Waals surface area contributed by atoms with Crippen molar-refractivity contribution in [3.63, 3.8) is 0 Å². The number of carbonyl (C=O) groups is 1. The van der Waals surface area contributed by atoms with Gasteiger partial charge < -0.3 is 10.3 Å². The quantitative estimate of drug-likeness (QED) is 0.885. The predicted octanol–water partition coefficient (Wildman–Crippen LogP) is 1.92. The number of nitrogens with one attached hydrogen (secondary N) is 2. The summed E-state index contributed by atoms with van der Waals surface area (Å²) >= 11 is 1.74. The molecule has 1 unspecified atom stereocenters. The molecule has 3 rings (SSSR count). The molecule has 1 aliphatic heterocycles. The molecule has 0 spiro atoms. The van der Waals surface area contributed by atoms with E-state index in [-0.39, 0.29) is 11.8 Å². The Morgan fingerprint density at radius 2 is 2.39 bits per heavy atom. The largest absolute Gasteiger partial charge is 0.348 e. The van der Waals surface area contributed by atoms with Crippen LogP contribution in [0.15, 0.2) is 41.6 Å². The van der Waals surface area contributed by atoms with Crippen LogP contribution in [0.4, 0.5) is 0 Å². The highest BCUT2D eigenvalue weighted by Gasteiger charge is 2.28. The van der Waals surface area contributed by atoms with Crippen molar-refractivity contribution in [3.8, 4) is 0 Å². The van der Waals surface area contributed by atoms with Crippen LogP contribution in [0.2, 0.25) is 0 Å². The minimum atomic E-state index is -0.0406. The van der Waals surface area contributed by atoms with E-state index in [4.69, 9.17) is 0 Å². The van der Waals surface area contributed by atoms with Gasteiger partial charge in [-0.05, 0) is 11.6 Å². The number of aromatic nitrogens is 2. The van der Waals surface area contributed by atoms with Crippen LogP contribution in [0.25, 0.3) is 0 Å². The van der Waals surface area contributed by atoms with E-state index in [9.17, 15) is 4.79 Å². The van der Waals surface area contributed by atoms with E-state index in [2.05, 4.69) is 21.4 Å². The van der Waals surface area contributed by atoms with Crippen molar-refractivity contribution in [3.05, 3.63) is 48.0 Å². The molecule has 0 bridgehead atoms. The van der Waals surface area contributed by atoms with Crippen molar-refractivity contribution < 1.29 is 4.79 Å². The molecule has 0 saturated heterocycles. The molecular weight excluding hydrogens is 246 g/mol. The minimum Gasteiger partial charge on any atom is -0.348 e. The molecule has 18 heavy (non-hydrogen) atoms. The first-order chi connectivity index (χ1) is 8.84. The van der Waals surface area contributed by atoms with E-state index in [1.165, 1.54) is 4.90 Å². The Kier molecular flexibility index (Phi) is 3.06. The van der Waals surface area contributed by atoms with Gasteiger partial charge in [0.25, 0.3) is 0 Å². The zero-order valence-corrected chi connectivity index (χ0v) is 10.5. The van der Waals surface area contributed by atoms with Gasteiger partial charge in [0.2, 0.25) is 5.91 Å². The van der Waals surface area contributed by atoms with E-state index in [1.807, 2.05) is 18.2 Å². The molecule has 1 atom stereocenters. The van der Waals surface area contributed by atoms with Gasteiger partial charge >= 0.3 is 0 Å². The molecule has 1 aliphatic rings. The summed E-state index contributed by atoms with van der Waals surface area (Å²) in [6, 6.07) is 8.10. The highest BCUT2D eigenvalue weighted by molar-refractivity contribution is 7.99. The Balaban J connectivity index is 1.67. The third-order valence-electron chi connectivity index (χ3n) is 3.00. The number of imidazole rings is 1. The Labute approximate surface area is 109 Å². The van der Waals surface area contributed by atoms with Crippen LogP contribution in [-0.2, 0) is 11.3 Å². The molecule has 0 fully saturated rings. The smallest absolute Gasteiger partial charge is 0.228 e. The van der Waals surface area contributed by atoms with Gasteiger partial charge in [0, 0.05) is 23.0 Å². The fourth-order valence-corrected chi connectivity index (χ4v) is 3.30. The molecule has 1 aromatic heterocycles. The topological polar surface area (TPSA) is 57.8 Å². The number of rotatable bonds is 3. The number of aromatic amines is 1. The van der Waals surface area contributed by atoms with E-state index in [0.29, 0.717) is 6.54 Å². The second-order valence-electron chi connectivity index (χ2n) is 4.16. The number of H-pyrrole nitrogens is 1. The summed E-state index contributed by atoms with van der Waals surface area (Å²) in [5, 5.41) is 2.92. The molecule has 0 radical (unpaired) electrons. The zero-order valence-electron chi connectivity index (χ0n) is 9.72. The van der Waals surface area contributed by atoms with Gasteiger partial charge in [-0.2, -0.15) is 0 Å². The number of benzene rings is 1. The Bertz CT molecular complexity index is 553. The van der Waals surface area contributed by atoms with Crippen molar-refractivity contribution in [2.75, 3.05) is 5.75 Å². The first kappa shape index (κ1) is 11.3. The fourth-order valence-electron chi connectivity index (χ4n) is 2.07. The lowest BCUT2D eigenvalue weighted by Crippen LogP contribution is -2.29. The van der Waals surface area contributed by atoms with Gasteiger partial charge in [0.1, 0.15) is 5.82 Å². The molecule has 2 N–H and O–H groups in total. The summed E-state index contributed by atoms with van der Waals surface area (Å²) in [5.74, 6) is 1.64. The van der Waals surface area contributed by atoms with E-state index < -0.39 is 0 Å². The number of thioether (sulfide) groups is 1. The maximum Gasteiger partial charge on any atom is 0.228 e. The van der Waals surface area contributed by atoms with Crippen molar-refractivity contribution in [1.29, 1.82) is 0 Å². The maximum atomic E-state index is 12.1. The summed E-state index contributed by atoms with van der Waals surface area (Å²) in [6.07, 6.45) is 3.43. The van der Waals surface area contributed by atoms with Crippen LogP contribution in [0, 0.1) is 0 Å². The van der Waals surface area contributed by atoms with Crippen LogP contribution in [-0.4, -0.2) is 21.6 Å². The summed E-state index contributed by atoms with van der Waals surface area (Å²) in [5.41, 5.74) is 1.14.